The molecule has 1 aromatic carbocycles. The molecule has 1 atom stereocenters. The number of halogens is 1. The number of nitrogens with one attached hydrogen (secondary N) is 2. The summed E-state index contributed by atoms with van der Waals surface area (Å²) in [5.41, 5.74) is 8.01. The Balaban J connectivity index is 0.00000361. The van der Waals surface area contributed by atoms with Crippen molar-refractivity contribution in [2.75, 3.05) is 10.6 Å². The third-order valence-electron chi connectivity index (χ3n) is 2.84. The van der Waals surface area contributed by atoms with Gasteiger partial charge in [-0.25, -0.2) is 0 Å². The van der Waals surface area contributed by atoms with Crippen LogP contribution in [0.15, 0.2) is 18.2 Å². The van der Waals surface area contributed by atoms with Crippen molar-refractivity contribution in [2.24, 2.45) is 11.7 Å². The van der Waals surface area contributed by atoms with Crippen LogP contribution in [0.1, 0.15) is 26.3 Å². The van der Waals surface area contributed by atoms with Crippen LogP contribution in [-0.2, 0) is 9.59 Å². The first-order valence-electron chi connectivity index (χ1n) is 6.26. The van der Waals surface area contributed by atoms with Crippen LogP contribution in [0.25, 0.3) is 0 Å². The average molecular weight is 300 g/mol. The Bertz CT molecular complexity index is 489. The first-order chi connectivity index (χ1) is 8.81. The summed E-state index contributed by atoms with van der Waals surface area (Å²) in [6.07, 6.45) is 0. The Morgan fingerprint density at radius 3 is 2.30 bits per heavy atom. The molecule has 0 heterocycles. The van der Waals surface area contributed by atoms with Crippen molar-refractivity contribution in [3.8, 4) is 0 Å². The lowest BCUT2D eigenvalue weighted by Crippen LogP contribution is -2.39. The van der Waals surface area contributed by atoms with Crippen LogP contribution in [0.4, 0.5) is 11.4 Å². The molecule has 6 heteroatoms. The maximum absolute atomic E-state index is 11.8. The molecule has 4 N–H and O–H groups in total. The summed E-state index contributed by atoms with van der Waals surface area (Å²) in [6.45, 7) is 7.11. The predicted octanol–water partition coefficient (Wildman–Crippen LogP) is 2.30. The molecule has 112 valence electrons. The van der Waals surface area contributed by atoms with Gasteiger partial charge in [0.05, 0.1) is 6.04 Å². The van der Waals surface area contributed by atoms with Crippen molar-refractivity contribution in [1.82, 2.24) is 0 Å². The molecule has 0 aliphatic carbocycles. The molecule has 1 rings (SSSR count). The SMILES string of the molecule is CC(=O)Nc1cc(NC(=O)C(N)C(C)C)ccc1C.Cl. The van der Waals surface area contributed by atoms with Gasteiger partial charge in [0.2, 0.25) is 11.8 Å². The van der Waals surface area contributed by atoms with E-state index >= 15 is 0 Å². The molecule has 0 bridgehead atoms. The molecule has 1 unspecified atom stereocenters. The molecule has 20 heavy (non-hydrogen) atoms. The second-order valence-corrected chi connectivity index (χ2v) is 4.97. The molecular formula is C14H22ClN3O2. The molecule has 0 saturated heterocycles. The molecule has 1 aromatic rings. The number of aryl methyl sites for hydroxylation is 1. The van der Waals surface area contributed by atoms with E-state index < -0.39 is 6.04 Å². The van der Waals surface area contributed by atoms with E-state index in [2.05, 4.69) is 10.6 Å². The Morgan fingerprint density at radius 1 is 1.20 bits per heavy atom. The van der Waals surface area contributed by atoms with Crippen LogP contribution < -0.4 is 16.4 Å². The Morgan fingerprint density at radius 2 is 1.80 bits per heavy atom. The molecule has 0 saturated carbocycles. The molecule has 0 spiro atoms. The second kappa shape index (κ2) is 7.87. The molecule has 0 aliphatic rings. The Kier molecular flexibility index (Phi) is 7.24. The van der Waals surface area contributed by atoms with Crippen molar-refractivity contribution in [2.45, 2.75) is 33.7 Å². The van der Waals surface area contributed by atoms with Gasteiger partial charge in [-0.05, 0) is 30.5 Å². The summed E-state index contributed by atoms with van der Waals surface area (Å²) in [7, 11) is 0. The summed E-state index contributed by atoms with van der Waals surface area (Å²) in [5, 5.41) is 5.47. The second-order valence-electron chi connectivity index (χ2n) is 4.97. The van der Waals surface area contributed by atoms with Crippen LogP contribution in [0.3, 0.4) is 0 Å². The third kappa shape index (κ3) is 5.19. The number of nitrogens with two attached hydrogens (primary N) is 1. The van der Waals surface area contributed by atoms with Gasteiger partial charge in [0.15, 0.2) is 0 Å². The van der Waals surface area contributed by atoms with E-state index in [9.17, 15) is 9.59 Å². The Hall–Kier alpha value is -1.59. The minimum Gasteiger partial charge on any atom is -0.326 e. The van der Waals surface area contributed by atoms with Crippen LogP contribution in [0.2, 0.25) is 0 Å². The largest absolute Gasteiger partial charge is 0.326 e. The first-order valence-corrected chi connectivity index (χ1v) is 6.26. The molecule has 0 aliphatic heterocycles. The fourth-order valence-electron chi connectivity index (χ4n) is 1.55. The van der Waals surface area contributed by atoms with Gasteiger partial charge >= 0.3 is 0 Å². The number of anilines is 2. The van der Waals surface area contributed by atoms with Crippen LogP contribution in [0, 0.1) is 12.8 Å². The fraction of sp³-hybridized carbons (Fsp3) is 0.429. The first kappa shape index (κ1) is 18.4. The van der Waals surface area contributed by atoms with Crippen LogP contribution >= 0.6 is 12.4 Å². The minimum atomic E-state index is -0.550. The number of carbonyl (C=O) groups is 2. The zero-order chi connectivity index (χ0) is 14.6. The number of hydrogen-bond donors (Lipinski definition) is 3. The van der Waals surface area contributed by atoms with Crippen molar-refractivity contribution in [3.05, 3.63) is 23.8 Å². The van der Waals surface area contributed by atoms with Crippen LogP contribution in [0.5, 0.6) is 0 Å². The number of benzene rings is 1. The standard InChI is InChI=1S/C14H21N3O2.ClH/c1-8(2)13(15)14(19)17-11-6-5-9(3)12(7-11)16-10(4)18;/h5-8,13H,15H2,1-4H3,(H,16,18)(H,17,19);1H. The highest BCUT2D eigenvalue weighted by molar-refractivity contribution is 5.96. The van der Waals surface area contributed by atoms with Gasteiger partial charge < -0.3 is 16.4 Å². The smallest absolute Gasteiger partial charge is 0.241 e. The monoisotopic (exact) mass is 299 g/mol. The summed E-state index contributed by atoms with van der Waals surface area (Å²) in [6, 6.07) is 4.79. The topological polar surface area (TPSA) is 84.2 Å². The van der Waals surface area contributed by atoms with Crippen molar-refractivity contribution < 1.29 is 9.59 Å². The van der Waals surface area contributed by atoms with Crippen molar-refractivity contribution >= 4 is 35.6 Å². The maximum atomic E-state index is 11.8. The fourth-order valence-corrected chi connectivity index (χ4v) is 1.55. The summed E-state index contributed by atoms with van der Waals surface area (Å²) >= 11 is 0. The number of amides is 2. The van der Waals surface area contributed by atoms with Crippen LogP contribution in [-0.4, -0.2) is 17.9 Å². The van der Waals surface area contributed by atoms with Gasteiger partial charge in [0.1, 0.15) is 0 Å². The number of hydrogen-bond acceptors (Lipinski definition) is 3. The maximum Gasteiger partial charge on any atom is 0.241 e. The van der Waals surface area contributed by atoms with Gasteiger partial charge in [0, 0.05) is 18.3 Å². The molecule has 0 aromatic heterocycles. The zero-order valence-corrected chi connectivity index (χ0v) is 13.0. The van der Waals surface area contributed by atoms with E-state index in [1.54, 1.807) is 12.1 Å². The molecule has 2 amide bonds. The highest BCUT2D eigenvalue weighted by Gasteiger charge is 2.17. The van der Waals surface area contributed by atoms with E-state index in [1.165, 1.54) is 6.92 Å². The minimum absolute atomic E-state index is 0. The van der Waals surface area contributed by atoms with E-state index in [1.807, 2.05) is 26.8 Å². The lowest BCUT2D eigenvalue weighted by molar-refractivity contribution is -0.118. The highest BCUT2D eigenvalue weighted by atomic mass is 35.5. The quantitative estimate of drug-likeness (QED) is 0.797. The molecule has 0 fully saturated rings. The van der Waals surface area contributed by atoms with Crippen molar-refractivity contribution in [3.63, 3.8) is 0 Å². The molecule has 0 radical (unpaired) electrons. The van der Waals surface area contributed by atoms with E-state index in [0.717, 1.165) is 5.56 Å². The zero-order valence-electron chi connectivity index (χ0n) is 12.2. The van der Waals surface area contributed by atoms with Crippen molar-refractivity contribution in [1.29, 1.82) is 0 Å². The lowest BCUT2D eigenvalue weighted by atomic mass is 10.0. The Labute approximate surface area is 125 Å². The summed E-state index contributed by atoms with van der Waals surface area (Å²) < 4.78 is 0. The van der Waals surface area contributed by atoms with Gasteiger partial charge in [0.25, 0.3) is 0 Å². The van der Waals surface area contributed by atoms with E-state index in [0.29, 0.717) is 11.4 Å². The highest BCUT2D eigenvalue weighted by Crippen LogP contribution is 2.20. The summed E-state index contributed by atoms with van der Waals surface area (Å²) in [4.78, 5) is 22.9. The normalized spacial score (nSPS) is 11.5. The van der Waals surface area contributed by atoms with Gasteiger partial charge in [-0.3, -0.25) is 9.59 Å². The number of rotatable bonds is 4. The van der Waals surface area contributed by atoms with E-state index in [-0.39, 0.29) is 30.1 Å². The number of carbonyl (C=O) groups excluding carboxylic acids is 2. The van der Waals surface area contributed by atoms with E-state index in [4.69, 9.17) is 5.73 Å². The predicted molar refractivity (Wildman–Crippen MR) is 84.2 cm³/mol. The lowest BCUT2D eigenvalue weighted by Gasteiger charge is -2.16. The van der Waals surface area contributed by atoms with Gasteiger partial charge in [-0.1, -0.05) is 19.9 Å². The molecular weight excluding hydrogens is 278 g/mol. The average Bonchev–Trinajstić information content (AvgIpc) is 2.31. The summed E-state index contributed by atoms with van der Waals surface area (Å²) in [5.74, 6) is -0.307. The van der Waals surface area contributed by atoms with Gasteiger partial charge in [-0.2, -0.15) is 0 Å². The molecule has 5 nitrogen and oxygen atoms in total. The third-order valence-corrected chi connectivity index (χ3v) is 2.84. The van der Waals surface area contributed by atoms with Gasteiger partial charge in [-0.15, -0.1) is 12.4 Å².